The summed E-state index contributed by atoms with van der Waals surface area (Å²) in [6.07, 6.45) is 5.67. The van der Waals surface area contributed by atoms with Crippen LogP contribution in [0, 0.1) is 0 Å². The van der Waals surface area contributed by atoms with Gasteiger partial charge in [-0.3, -0.25) is 0 Å². The summed E-state index contributed by atoms with van der Waals surface area (Å²) in [5.74, 6) is 0. The lowest BCUT2D eigenvalue weighted by Gasteiger charge is -2.34. The molecule has 0 saturated carbocycles. The van der Waals surface area contributed by atoms with Crippen molar-refractivity contribution in [2.24, 2.45) is 5.73 Å². The Kier molecular flexibility index (Phi) is 9.19. The van der Waals surface area contributed by atoms with Gasteiger partial charge in [0.25, 0.3) is 0 Å². The molecular formula is C59H46N2. The predicted molar refractivity (Wildman–Crippen MR) is 256 cm³/mol. The van der Waals surface area contributed by atoms with Crippen molar-refractivity contribution in [1.82, 2.24) is 5.32 Å². The van der Waals surface area contributed by atoms with Crippen LogP contribution in [-0.4, -0.2) is 0 Å². The molecule has 0 aromatic heterocycles. The van der Waals surface area contributed by atoms with E-state index >= 15 is 0 Å². The second kappa shape index (κ2) is 15.2. The minimum Gasteiger partial charge on any atom is -0.322 e. The highest BCUT2D eigenvalue weighted by molar-refractivity contribution is 6.09. The van der Waals surface area contributed by atoms with E-state index in [9.17, 15) is 0 Å². The minimum atomic E-state index is -0.447. The maximum Gasteiger partial charge on any atom is 0.0518 e. The Hall–Kier alpha value is -7.10. The van der Waals surface area contributed by atoms with Crippen molar-refractivity contribution >= 4 is 39.3 Å². The highest BCUT2D eigenvalue weighted by Gasteiger charge is 2.45. The molecule has 2 unspecified atom stereocenters. The summed E-state index contributed by atoms with van der Waals surface area (Å²) in [7, 11) is 0. The fourth-order valence-electron chi connectivity index (χ4n) is 10.4. The second-order valence-electron chi connectivity index (χ2n) is 16.7. The van der Waals surface area contributed by atoms with Crippen molar-refractivity contribution in [3.63, 3.8) is 0 Å². The van der Waals surface area contributed by atoms with Gasteiger partial charge in [-0.25, -0.2) is 0 Å². The highest BCUT2D eigenvalue weighted by atomic mass is 15.0. The molecule has 0 heterocycles. The van der Waals surface area contributed by atoms with E-state index in [-0.39, 0.29) is 12.1 Å². The Balaban J connectivity index is 1.02. The molecule has 2 heteroatoms. The molecule has 9 aromatic carbocycles. The molecule has 0 saturated heterocycles. The van der Waals surface area contributed by atoms with Gasteiger partial charge in [0.2, 0.25) is 0 Å². The third-order valence-electron chi connectivity index (χ3n) is 13.4. The summed E-state index contributed by atoms with van der Waals surface area (Å²) in [6.45, 7) is 5.51. The van der Waals surface area contributed by atoms with Crippen molar-refractivity contribution in [3.05, 3.63) is 256 Å². The van der Waals surface area contributed by atoms with E-state index < -0.39 is 5.41 Å². The van der Waals surface area contributed by atoms with Gasteiger partial charge < -0.3 is 11.1 Å². The van der Waals surface area contributed by atoms with Crippen LogP contribution in [0.15, 0.2) is 207 Å². The molecule has 2 nitrogen and oxygen atoms in total. The summed E-state index contributed by atoms with van der Waals surface area (Å²) in [5.41, 5.74) is 21.2. The van der Waals surface area contributed by atoms with Gasteiger partial charge in [0.05, 0.1) is 11.5 Å². The van der Waals surface area contributed by atoms with Gasteiger partial charge in [0, 0.05) is 12.6 Å². The van der Waals surface area contributed by atoms with Crippen molar-refractivity contribution in [2.75, 3.05) is 0 Å². The molecule has 0 bridgehead atoms. The quantitative estimate of drug-likeness (QED) is 0.158. The number of hydrogen-bond donors (Lipinski definition) is 2. The van der Waals surface area contributed by atoms with Crippen LogP contribution in [0.3, 0.4) is 0 Å². The minimum absolute atomic E-state index is 0.0391. The molecule has 11 rings (SSSR count). The standard InChI is InChI=1S/C59H46N2/c1-39-36-53-49-24-11-10-22-47(49)46-21-8-9-23-48(46)50(53)34-35-59(54-26-14-12-20-45(39)54)55-27-15-13-25-51(55)52-33-32-44(37-56(52)59)41-30-28-40(29-31-41)38-61-58(43-18-6-3-7-19-43)57(60)42-16-4-2-5-17-42/h2-34,36-37,57-58,61H,1,35,38,60H2/b50-34-,53-36-/t57?,58-,59?/m0/s1. The molecule has 2 aliphatic rings. The van der Waals surface area contributed by atoms with E-state index in [1.807, 2.05) is 6.07 Å². The van der Waals surface area contributed by atoms with Crippen LogP contribution in [-0.2, 0) is 12.0 Å². The average molecular weight is 783 g/mol. The van der Waals surface area contributed by atoms with E-state index in [1.165, 1.54) is 87.6 Å². The van der Waals surface area contributed by atoms with Crippen LogP contribution in [0.5, 0.6) is 0 Å². The Morgan fingerprint density at radius 3 is 1.70 bits per heavy atom. The highest BCUT2D eigenvalue weighted by Crippen LogP contribution is 2.56. The van der Waals surface area contributed by atoms with Crippen LogP contribution in [0.2, 0.25) is 0 Å². The molecule has 3 atom stereocenters. The zero-order chi connectivity index (χ0) is 40.9. The zero-order valence-corrected chi connectivity index (χ0v) is 34.1. The average Bonchev–Trinajstić information content (AvgIpc) is 3.63. The maximum absolute atomic E-state index is 6.93. The van der Waals surface area contributed by atoms with Crippen LogP contribution in [0.4, 0.5) is 0 Å². The number of fused-ring (bicyclic) bond motifs is 13. The number of benzene rings is 9. The van der Waals surface area contributed by atoms with Crippen LogP contribution in [0.1, 0.15) is 57.4 Å². The first-order valence-corrected chi connectivity index (χ1v) is 21.4. The van der Waals surface area contributed by atoms with Gasteiger partial charge >= 0.3 is 0 Å². The van der Waals surface area contributed by atoms with Crippen LogP contribution in [0.25, 0.3) is 61.5 Å². The molecule has 2 aliphatic carbocycles. The van der Waals surface area contributed by atoms with Gasteiger partial charge in [-0.1, -0.05) is 207 Å². The van der Waals surface area contributed by atoms with Gasteiger partial charge in [0.15, 0.2) is 0 Å². The molecule has 292 valence electrons. The smallest absolute Gasteiger partial charge is 0.0518 e. The molecule has 61 heavy (non-hydrogen) atoms. The first-order valence-electron chi connectivity index (χ1n) is 21.4. The third kappa shape index (κ3) is 6.18. The lowest BCUT2D eigenvalue weighted by molar-refractivity contribution is 0.452. The van der Waals surface area contributed by atoms with E-state index in [4.69, 9.17) is 12.3 Å². The largest absolute Gasteiger partial charge is 0.322 e. The van der Waals surface area contributed by atoms with E-state index in [1.54, 1.807) is 0 Å². The van der Waals surface area contributed by atoms with E-state index in [0.717, 1.165) is 17.6 Å². The monoisotopic (exact) mass is 782 g/mol. The van der Waals surface area contributed by atoms with Crippen molar-refractivity contribution in [3.8, 4) is 22.3 Å². The molecule has 9 aromatic rings. The lowest BCUT2D eigenvalue weighted by Crippen LogP contribution is -2.31. The number of rotatable bonds is 7. The fraction of sp³-hybridized carbons (Fsp3) is 0.0847. The Labute approximate surface area is 357 Å². The summed E-state index contributed by atoms with van der Waals surface area (Å²) in [4.78, 5) is 0. The van der Waals surface area contributed by atoms with Crippen molar-refractivity contribution in [2.45, 2.75) is 30.5 Å². The number of allylic oxidation sites excluding steroid dienone is 1. The molecular weight excluding hydrogens is 737 g/mol. The molecule has 0 amide bonds. The summed E-state index contributed by atoms with van der Waals surface area (Å²) in [5, 5.41) is 11.4. The fourth-order valence-corrected chi connectivity index (χ4v) is 10.4. The third-order valence-corrected chi connectivity index (χ3v) is 13.4. The molecule has 3 N–H and O–H groups in total. The zero-order valence-electron chi connectivity index (χ0n) is 34.1. The lowest BCUT2D eigenvalue weighted by atomic mass is 9.67. The molecule has 0 fully saturated rings. The summed E-state index contributed by atoms with van der Waals surface area (Å²) in [6, 6.07) is 72.7. The van der Waals surface area contributed by atoms with Gasteiger partial charge in [-0.15, -0.1) is 0 Å². The van der Waals surface area contributed by atoms with E-state index in [2.05, 4.69) is 212 Å². The summed E-state index contributed by atoms with van der Waals surface area (Å²) >= 11 is 0. The van der Waals surface area contributed by atoms with Crippen molar-refractivity contribution < 1.29 is 0 Å². The number of hydrogen-bond acceptors (Lipinski definition) is 2. The van der Waals surface area contributed by atoms with E-state index in [0.29, 0.717) is 6.54 Å². The molecule has 0 aliphatic heterocycles. The normalized spacial score (nSPS) is 17.4. The Morgan fingerprint density at radius 1 is 0.492 bits per heavy atom. The SMILES string of the molecule is C=C1/C=c2\c(c3ccccc3c3ccccc23)=C/CC2(c3ccccc31)c1ccccc1-c1ccc(-c3ccc(CN[C@@H](c4ccccc4)C(N)c4ccccc4)cc3)cc12. The van der Waals surface area contributed by atoms with Gasteiger partial charge in [0.1, 0.15) is 0 Å². The Bertz CT molecular complexity index is 3260. The van der Waals surface area contributed by atoms with Gasteiger partial charge in [-0.05, 0) is 117 Å². The van der Waals surface area contributed by atoms with Crippen LogP contribution < -0.4 is 21.5 Å². The second-order valence-corrected chi connectivity index (χ2v) is 16.7. The van der Waals surface area contributed by atoms with Crippen LogP contribution >= 0.6 is 0 Å². The van der Waals surface area contributed by atoms with Crippen molar-refractivity contribution in [1.29, 1.82) is 0 Å². The summed E-state index contributed by atoms with van der Waals surface area (Å²) < 4.78 is 0. The number of nitrogens with two attached hydrogens (primary N) is 1. The van der Waals surface area contributed by atoms with Gasteiger partial charge in [-0.2, -0.15) is 0 Å². The maximum atomic E-state index is 6.93. The Morgan fingerprint density at radius 2 is 1.02 bits per heavy atom. The molecule has 0 radical (unpaired) electrons. The predicted octanol–water partition coefficient (Wildman–Crippen LogP) is 12.2. The molecule has 1 spiro atoms. The first kappa shape index (κ1) is 36.9. The topological polar surface area (TPSA) is 38.0 Å². The number of nitrogens with one attached hydrogen (secondary N) is 1. The first-order chi connectivity index (χ1) is 30.1.